The molecule has 16 N–H and O–H groups in total. The summed E-state index contributed by atoms with van der Waals surface area (Å²) in [7, 11) is 0. The third-order valence-corrected chi connectivity index (χ3v) is 4.68. The second-order valence-corrected chi connectivity index (χ2v) is 8.87. The molecule has 0 aromatic heterocycles. The Balaban J connectivity index is -0.0000000653. The van der Waals surface area contributed by atoms with E-state index in [0.717, 1.165) is 9.80 Å². The summed E-state index contributed by atoms with van der Waals surface area (Å²) in [5, 5.41) is 55.7. The van der Waals surface area contributed by atoms with Crippen LogP contribution in [0.5, 0.6) is 0 Å². The Morgan fingerprint density at radius 3 is 0.803 bits per heavy atom. The Bertz CT molecular complexity index is 1420. The first-order valence-electron chi connectivity index (χ1n) is 15.7. The number of nitrogens with one attached hydrogen (secondary N) is 6. The van der Waals surface area contributed by atoms with Crippen LogP contribution >= 0.6 is 0 Å². The van der Waals surface area contributed by atoms with Gasteiger partial charge in [-0.05, 0) is 0 Å². The van der Waals surface area contributed by atoms with Crippen molar-refractivity contribution in [2.45, 2.75) is 25.7 Å². The molecule has 0 unspecified atom stereocenters. The minimum absolute atomic E-state index is 0. The maximum atomic E-state index is 10.6. The van der Waals surface area contributed by atoms with E-state index in [2.05, 4.69) is 21.3 Å². The fourth-order valence-corrected chi connectivity index (χ4v) is 2.33. The van der Waals surface area contributed by atoms with Crippen molar-refractivity contribution in [2.75, 3.05) is 40.0 Å². The van der Waals surface area contributed by atoms with Crippen LogP contribution in [0, 0.1) is 0 Å². The van der Waals surface area contributed by atoms with Gasteiger partial charge in [0.1, 0.15) is 25.7 Å². The van der Waals surface area contributed by atoms with Crippen molar-refractivity contribution in [3.8, 4) is 0 Å². The third kappa shape index (κ3) is 77.9. The number of rotatable bonds is 22. The van der Waals surface area contributed by atoms with Gasteiger partial charge in [-0.15, -0.1) is 0 Å². The average molecular weight is 1250 g/mol. The van der Waals surface area contributed by atoms with Gasteiger partial charge < -0.3 is 141 Å². The van der Waals surface area contributed by atoms with E-state index in [-0.39, 0.29) is 151 Å². The van der Waals surface area contributed by atoms with Crippen molar-refractivity contribution in [1.29, 1.82) is 0 Å². The molecule has 2 fully saturated rings. The molecule has 2 aliphatic rings. The van der Waals surface area contributed by atoms with E-state index in [0.29, 0.717) is 35.7 Å². The Kier molecular flexibility index (Phi) is 95.9. The standard InChI is InChI=1S/2C6H4N2O4.2C5H7N2O4.2C2H5N2O.4CHO2.3Y/c2*9-3-7(4-10)2-8-5(11)1-6(8)12;2*8-3-6-2-7-4(9)1-5(10)11;2*3-1-4-2-5;4*2-1-3;;;/h2*1-2H2;2*1-2H2,(H,6,8)(H,7,9)(H,10,11);2*1,3H2,(H,4,5);4*(H,2,3);;;/q2*-2;8*-1;;;. The molecule has 2 saturated heterocycles. The first-order chi connectivity index (χ1) is 32.2. The van der Waals surface area contributed by atoms with Gasteiger partial charge in [-0.1, -0.05) is 25.9 Å². The predicted octanol–water partition coefficient (Wildman–Crippen LogP) is -11.8. The number of hydrogen-bond acceptors (Lipinski definition) is 22. The summed E-state index contributed by atoms with van der Waals surface area (Å²) in [6.07, 6.45) is 8.72. The van der Waals surface area contributed by atoms with Gasteiger partial charge >= 0.3 is 11.9 Å². The van der Waals surface area contributed by atoms with Crippen molar-refractivity contribution in [2.24, 2.45) is 11.5 Å². The molecule has 0 bridgehead atoms. The van der Waals surface area contributed by atoms with Crippen LogP contribution in [-0.2, 0) is 194 Å². The zero-order chi connectivity index (χ0) is 54.7. The van der Waals surface area contributed by atoms with Crippen molar-refractivity contribution in [1.82, 2.24) is 51.5 Å². The Hall–Kier alpha value is -6.57. The molecule has 2 aliphatic heterocycles. The zero-order valence-electron chi connectivity index (χ0n) is 35.6. The maximum absolute atomic E-state index is 10.6. The van der Waals surface area contributed by atoms with E-state index in [4.69, 9.17) is 70.9 Å². The van der Waals surface area contributed by atoms with Crippen molar-refractivity contribution in [3.63, 3.8) is 0 Å². The Labute approximate surface area is 474 Å². The Morgan fingerprint density at radius 1 is 0.465 bits per heavy atom. The van der Waals surface area contributed by atoms with Gasteiger partial charge in [0, 0.05) is 111 Å². The summed E-state index contributed by atoms with van der Waals surface area (Å²) in [5.41, 5.74) is 9.53. The van der Waals surface area contributed by atoms with Crippen LogP contribution in [0.25, 0.3) is 0 Å². The number of likely N-dealkylation sites (tertiary alicyclic amines) is 2. The van der Waals surface area contributed by atoms with Crippen molar-refractivity contribution >= 4 is 125 Å². The smallest absolute Gasteiger partial charge is 0.312 e. The molecule has 0 aromatic carbocycles. The summed E-state index contributed by atoms with van der Waals surface area (Å²) in [6, 6.07) is 0. The number of nitrogens with zero attached hydrogens (tertiary/aromatic N) is 4. The number of carboxylic acids is 2. The van der Waals surface area contributed by atoms with Gasteiger partial charge in [-0.2, -0.15) is 51.3 Å². The summed E-state index contributed by atoms with van der Waals surface area (Å²) in [5.74, 6) is -5.35. The van der Waals surface area contributed by atoms with Gasteiger partial charge in [0.05, 0.1) is 26.7 Å². The molecule has 0 saturated carbocycles. The van der Waals surface area contributed by atoms with Crippen molar-refractivity contribution < 1.29 is 225 Å². The summed E-state index contributed by atoms with van der Waals surface area (Å²) < 4.78 is 0. The predicted molar refractivity (Wildman–Crippen MR) is 206 cm³/mol. The first-order valence-corrected chi connectivity index (χ1v) is 15.7. The van der Waals surface area contributed by atoms with Gasteiger partial charge in [-0.3, -0.25) is 48.2 Å². The summed E-state index contributed by atoms with van der Waals surface area (Å²) >= 11 is 0. The number of hydrogen-bond donors (Lipinski definition) is 14. The Morgan fingerprint density at radius 2 is 0.676 bits per heavy atom. The molecule has 393 valence electrons. The molecule has 3 radical (unpaired) electrons. The molecule has 38 nitrogen and oxygen atoms in total. The average Bonchev–Trinajstić information content (AvgIpc) is 3.27. The molecular formula is C30H36N12O26Y3-12. The van der Waals surface area contributed by atoms with E-state index in [1.807, 2.05) is 10.6 Å². The molecule has 14 amide bonds. The zero-order valence-corrected chi connectivity index (χ0v) is 44.1. The number of nitrogens with two attached hydrogens (primary N) is 2. The monoisotopic (exact) mass is 1250 g/mol. The number of imide groups is 4. The van der Waals surface area contributed by atoms with Gasteiger partial charge in [0.25, 0.3) is 0 Å². The minimum Gasteiger partial charge on any atom is -0.665 e. The van der Waals surface area contributed by atoms with Crippen LogP contribution in [0.15, 0.2) is 0 Å². The summed E-state index contributed by atoms with van der Waals surface area (Å²) in [6.45, 7) is 1.37. The van der Waals surface area contributed by atoms with E-state index < -0.39 is 60.2 Å². The molecule has 41 heteroatoms. The van der Waals surface area contributed by atoms with Crippen LogP contribution in [0.3, 0.4) is 0 Å². The molecule has 0 aliphatic carbocycles. The van der Waals surface area contributed by atoms with E-state index in [1.54, 1.807) is 0 Å². The third-order valence-electron chi connectivity index (χ3n) is 4.68. The molecule has 2 heterocycles. The topological polar surface area (TPSA) is 600 Å². The van der Waals surface area contributed by atoms with Crippen LogP contribution in [0.4, 0.5) is 0 Å². The minimum atomic E-state index is -1.21. The van der Waals surface area contributed by atoms with Gasteiger partial charge in [-0.25, -0.2) is 0 Å². The molecule has 0 spiro atoms. The van der Waals surface area contributed by atoms with E-state index >= 15 is 0 Å². The second-order valence-electron chi connectivity index (χ2n) is 8.87. The molecule has 2 rings (SSSR count). The maximum Gasteiger partial charge on any atom is 0.312 e. The summed E-state index contributed by atoms with van der Waals surface area (Å²) in [4.78, 5) is 195. The number of carboxylic acid groups (broad SMARTS) is 2. The number of carbonyl (C=O) groups is 8. The number of aliphatic hydroxyl groups excluding tert-OH is 4. The molecular weight excluding hydrogens is 1210 g/mol. The molecule has 0 aromatic rings. The quantitative estimate of drug-likeness (QED) is 0.0120. The van der Waals surface area contributed by atoms with Gasteiger partial charge in [0.15, 0.2) is 0 Å². The van der Waals surface area contributed by atoms with Crippen molar-refractivity contribution in [3.05, 3.63) is 0 Å². The number of amides is 14. The number of aliphatic carboxylic acids is 2. The number of carbonyl (C=O) groups excluding carboxylic acids is 14. The molecule has 0 atom stereocenters. The van der Waals surface area contributed by atoms with Crippen LogP contribution in [-0.4, -0.2) is 215 Å². The van der Waals surface area contributed by atoms with Crippen LogP contribution in [0.1, 0.15) is 25.7 Å². The normalized spacial score (nSPS) is 9.44. The van der Waals surface area contributed by atoms with Crippen LogP contribution in [0.2, 0.25) is 0 Å². The second kappa shape index (κ2) is 75.0. The fourth-order valence-electron chi connectivity index (χ4n) is 2.33. The van der Waals surface area contributed by atoms with E-state index in [9.17, 15) is 67.1 Å². The number of β-lactam (4-membered cyclic amide) rings is 4. The largest absolute Gasteiger partial charge is 0.665 e. The van der Waals surface area contributed by atoms with E-state index in [1.165, 1.54) is 51.3 Å². The molecule has 71 heavy (non-hydrogen) atoms. The fraction of sp³-hybridized carbons (Fsp3) is 0.333. The first kappa shape index (κ1) is 90.8. The van der Waals surface area contributed by atoms with Crippen LogP contribution < -0.4 is 43.4 Å². The van der Waals surface area contributed by atoms with Gasteiger partial charge in [0.2, 0.25) is 35.4 Å². The SMILES string of the molecule is NCN[C-]=O.NCN[C-]=O.O=[C-]N([C-]=O)CN1C(=O)CC1=O.O=[C-]N([C-]=O)CN1C(=O)CC1=O.O=[C-]NCNC(=O)CC(=O)O.O=[C-]NCNC(=O)CC(=O)O.O=[C-]O.O=[C-]O.O=[C-]O.O=[C-]O.[Y].[Y].[Y].